The Kier molecular flexibility index (Phi) is 5.87. The van der Waals surface area contributed by atoms with E-state index in [1.807, 2.05) is 39.8 Å². The summed E-state index contributed by atoms with van der Waals surface area (Å²) < 4.78 is 10.2. The molecule has 1 aromatic rings. The molecule has 0 radical (unpaired) electrons. The lowest BCUT2D eigenvalue weighted by atomic mass is 9.93. The van der Waals surface area contributed by atoms with Crippen LogP contribution in [0.2, 0.25) is 0 Å². The number of aromatic nitrogens is 1. The molecular weight excluding hydrogens is 322 g/mol. The van der Waals surface area contributed by atoms with E-state index in [-0.39, 0.29) is 12.0 Å². The maximum Gasteiger partial charge on any atom is 0.411 e. The number of amides is 2. The maximum atomic E-state index is 12.4. The van der Waals surface area contributed by atoms with Gasteiger partial charge in [-0.1, -0.05) is 0 Å². The van der Waals surface area contributed by atoms with Crippen molar-refractivity contribution in [2.75, 3.05) is 25.5 Å². The topological polar surface area (TPSA) is 80.8 Å². The number of hydrogen-bond acceptors (Lipinski definition) is 5. The summed E-state index contributed by atoms with van der Waals surface area (Å²) >= 11 is 0. The third-order valence-electron chi connectivity index (χ3n) is 3.95. The molecule has 1 unspecified atom stereocenters. The molecule has 0 aliphatic carbocycles. The number of hydrogen-bond donors (Lipinski definition) is 1. The Balaban J connectivity index is 2.19. The highest BCUT2D eigenvalue weighted by atomic mass is 16.6. The van der Waals surface area contributed by atoms with E-state index in [2.05, 4.69) is 15.0 Å². The van der Waals surface area contributed by atoms with E-state index in [4.69, 9.17) is 4.74 Å². The highest BCUT2D eigenvalue weighted by Gasteiger charge is 2.30. The van der Waals surface area contributed by atoms with Crippen LogP contribution in [0.3, 0.4) is 0 Å². The van der Waals surface area contributed by atoms with Gasteiger partial charge in [-0.25, -0.2) is 9.59 Å². The zero-order valence-corrected chi connectivity index (χ0v) is 15.6. The van der Waals surface area contributed by atoms with Crippen LogP contribution in [0, 0.1) is 6.92 Å². The lowest BCUT2D eigenvalue weighted by Gasteiger charge is -2.34. The second kappa shape index (κ2) is 7.72. The predicted molar refractivity (Wildman–Crippen MR) is 94.8 cm³/mol. The third-order valence-corrected chi connectivity index (χ3v) is 3.95. The first-order chi connectivity index (χ1) is 11.7. The summed E-state index contributed by atoms with van der Waals surface area (Å²) in [4.78, 5) is 30.3. The van der Waals surface area contributed by atoms with Gasteiger partial charge in [0.1, 0.15) is 5.60 Å². The van der Waals surface area contributed by atoms with Gasteiger partial charge in [-0.05, 0) is 52.7 Å². The molecule has 0 spiro atoms. The molecule has 2 amide bonds. The van der Waals surface area contributed by atoms with Crippen molar-refractivity contribution in [3.8, 4) is 0 Å². The normalized spacial score (nSPS) is 17.8. The quantitative estimate of drug-likeness (QED) is 0.881. The largest absolute Gasteiger partial charge is 0.453 e. The van der Waals surface area contributed by atoms with Crippen LogP contribution < -0.4 is 5.32 Å². The molecule has 2 rings (SSSR count). The average molecular weight is 349 g/mol. The summed E-state index contributed by atoms with van der Waals surface area (Å²) in [5, 5.41) is 2.71. The smallest absolute Gasteiger partial charge is 0.411 e. The molecule has 0 saturated carbocycles. The molecule has 1 aromatic heterocycles. The first-order valence-corrected chi connectivity index (χ1v) is 8.50. The fraction of sp³-hybridized carbons (Fsp3) is 0.611. The minimum absolute atomic E-state index is 0.0355. The average Bonchev–Trinajstić information content (AvgIpc) is 2.55. The molecule has 1 fully saturated rings. The molecule has 0 bridgehead atoms. The number of piperidine rings is 1. The third kappa shape index (κ3) is 5.34. The minimum Gasteiger partial charge on any atom is -0.453 e. The first kappa shape index (κ1) is 19.0. The van der Waals surface area contributed by atoms with Gasteiger partial charge in [0.2, 0.25) is 0 Å². The molecule has 138 valence electrons. The molecule has 1 aliphatic rings. The number of pyridine rings is 1. The molecule has 7 heteroatoms. The highest BCUT2D eigenvalue weighted by molar-refractivity contribution is 5.85. The minimum atomic E-state index is -0.535. The van der Waals surface area contributed by atoms with Crippen LogP contribution in [0.4, 0.5) is 15.3 Å². The van der Waals surface area contributed by atoms with Gasteiger partial charge in [-0.2, -0.15) is 0 Å². The molecule has 1 aliphatic heterocycles. The van der Waals surface area contributed by atoms with Crippen molar-refractivity contribution in [1.29, 1.82) is 0 Å². The molecule has 25 heavy (non-hydrogen) atoms. The van der Waals surface area contributed by atoms with Crippen LogP contribution in [-0.4, -0.2) is 47.9 Å². The van der Waals surface area contributed by atoms with Gasteiger partial charge in [0.05, 0.1) is 18.5 Å². The number of aryl methyl sites for hydroxylation is 1. The second-order valence-electron chi connectivity index (χ2n) is 7.27. The van der Waals surface area contributed by atoms with Gasteiger partial charge in [0.25, 0.3) is 0 Å². The molecular formula is C18H27N3O4. The van der Waals surface area contributed by atoms with Gasteiger partial charge in [0.15, 0.2) is 0 Å². The first-order valence-electron chi connectivity index (χ1n) is 8.50. The van der Waals surface area contributed by atoms with Gasteiger partial charge < -0.3 is 14.4 Å². The Morgan fingerprint density at radius 1 is 1.32 bits per heavy atom. The Hall–Kier alpha value is -2.31. The number of likely N-dealkylation sites (tertiary alicyclic amines) is 1. The van der Waals surface area contributed by atoms with Crippen LogP contribution in [-0.2, 0) is 9.47 Å². The van der Waals surface area contributed by atoms with E-state index in [1.165, 1.54) is 7.11 Å². The number of carbonyl (C=O) groups is 2. The lowest BCUT2D eigenvalue weighted by molar-refractivity contribution is 0.0197. The van der Waals surface area contributed by atoms with Crippen molar-refractivity contribution in [1.82, 2.24) is 9.88 Å². The zero-order valence-electron chi connectivity index (χ0n) is 15.6. The van der Waals surface area contributed by atoms with Crippen molar-refractivity contribution in [2.45, 2.75) is 52.1 Å². The van der Waals surface area contributed by atoms with Crippen LogP contribution in [0.25, 0.3) is 0 Å². The van der Waals surface area contributed by atoms with Crippen molar-refractivity contribution in [3.63, 3.8) is 0 Å². The fourth-order valence-corrected chi connectivity index (χ4v) is 2.85. The molecule has 1 N–H and O–H groups in total. The lowest BCUT2D eigenvalue weighted by Crippen LogP contribution is -2.42. The number of nitrogens with zero attached hydrogens (tertiary/aromatic N) is 2. The number of ether oxygens (including phenoxy) is 2. The predicted octanol–water partition coefficient (Wildman–Crippen LogP) is 3.68. The van der Waals surface area contributed by atoms with Gasteiger partial charge in [-0.3, -0.25) is 10.3 Å². The maximum absolute atomic E-state index is 12.4. The Morgan fingerprint density at radius 3 is 2.68 bits per heavy atom. The van der Waals surface area contributed by atoms with Gasteiger partial charge in [0, 0.05) is 24.7 Å². The summed E-state index contributed by atoms with van der Waals surface area (Å²) in [5.74, 6) is 0.0355. The molecule has 1 saturated heterocycles. The van der Waals surface area contributed by atoms with Gasteiger partial charge in [-0.15, -0.1) is 0 Å². The Labute approximate surface area is 148 Å². The van der Waals surface area contributed by atoms with Crippen LogP contribution >= 0.6 is 0 Å². The van der Waals surface area contributed by atoms with E-state index >= 15 is 0 Å². The number of rotatable bonds is 2. The van der Waals surface area contributed by atoms with Crippen molar-refractivity contribution < 1.29 is 19.1 Å². The number of methoxy groups -OCH3 is 1. The van der Waals surface area contributed by atoms with Crippen molar-refractivity contribution in [2.24, 2.45) is 0 Å². The number of anilines is 1. The standard InChI is InChI=1S/C18H27N3O4/c1-12-8-9-14(20-16(22)24-5)15(19-12)13-7-6-10-21(11-13)17(23)25-18(2,3)4/h8-9,13H,6-7,10-11H2,1-5H3,(H,20,22). The molecule has 0 aromatic carbocycles. The summed E-state index contributed by atoms with van der Waals surface area (Å²) in [6.07, 6.45) is 0.905. The summed E-state index contributed by atoms with van der Waals surface area (Å²) in [6, 6.07) is 3.66. The van der Waals surface area contributed by atoms with Crippen LogP contribution in [0.1, 0.15) is 50.9 Å². The van der Waals surface area contributed by atoms with E-state index in [1.54, 1.807) is 4.90 Å². The second-order valence-corrected chi connectivity index (χ2v) is 7.27. The summed E-state index contributed by atoms with van der Waals surface area (Å²) in [6.45, 7) is 8.64. The molecule has 1 atom stereocenters. The van der Waals surface area contributed by atoms with Crippen LogP contribution in [0.15, 0.2) is 12.1 Å². The van der Waals surface area contributed by atoms with Crippen molar-refractivity contribution >= 4 is 17.9 Å². The van der Waals surface area contributed by atoms with Gasteiger partial charge >= 0.3 is 12.2 Å². The summed E-state index contributed by atoms with van der Waals surface area (Å²) in [5.41, 5.74) is 1.73. The van der Waals surface area contributed by atoms with Crippen LogP contribution in [0.5, 0.6) is 0 Å². The Morgan fingerprint density at radius 2 is 2.04 bits per heavy atom. The van der Waals surface area contributed by atoms with E-state index in [0.29, 0.717) is 18.8 Å². The number of nitrogens with one attached hydrogen (secondary N) is 1. The van der Waals surface area contributed by atoms with E-state index in [9.17, 15) is 9.59 Å². The highest BCUT2D eigenvalue weighted by Crippen LogP contribution is 2.31. The zero-order chi connectivity index (χ0) is 18.6. The SMILES string of the molecule is COC(=O)Nc1ccc(C)nc1C1CCCN(C(=O)OC(C)(C)C)C1. The summed E-state index contributed by atoms with van der Waals surface area (Å²) in [7, 11) is 1.32. The number of carbonyl (C=O) groups excluding carboxylic acids is 2. The van der Waals surface area contributed by atoms with Crippen molar-refractivity contribution in [3.05, 3.63) is 23.5 Å². The fourth-order valence-electron chi connectivity index (χ4n) is 2.85. The van der Waals surface area contributed by atoms with E-state index in [0.717, 1.165) is 24.2 Å². The molecule has 7 nitrogen and oxygen atoms in total. The Bertz CT molecular complexity index is 640. The van der Waals surface area contributed by atoms with E-state index < -0.39 is 11.7 Å². The molecule has 2 heterocycles. The monoisotopic (exact) mass is 349 g/mol.